The Bertz CT molecular complexity index is 950. The van der Waals surface area contributed by atoms with Crippen LogP contribution < -0.4 is 5.32 Å². The van der Waals surface area contributed by atoms with Crippen LogP contribution in [0, 0.1) is 6.92 Å². The predicted molar refractivity (Wildman–Crippen MR) is 93.8 cm³/mol. The number of aromatic nitrogens is 1. The van der Waals surface area contributed by atoms with Crippen molar-refractivity contribution in [1.29, 1.82) is 0 Å². The number of benzene rings is 2. The summed E-state index contributed by atoms with van der Waals surface area (Å²) in [6.45, 7) is 1.89. The van der Waals surface area contributed by atoms with Gasteiger partial charge in [0.15, 0.2) is 5.69 Å². The van der Waals surface area contributed by atoms with E-state index in [1.807, 2.05) is 6.92 Å². The number of carbonyl (C=O) groups excluding carboxylic acids is 1. The smallest absolute Gasteiger partial charge is 0.416 e. The summed E-state index contributed by atoms with van der Waals surface area (Å²) in [5.41, 5.74) is 1.15. The van der Waals surface area contributed by atoms with Gasteiger partial charge in [0.1, 0.15) is 6.26 Å². The largest absolute Gasteiger partial charge is 0.444 e. The van der Waals surface area contributed by atoms with Crippen LogP contribution >= 0.6 is 15.9 Å². The van der Waals surface area contributed by atoms with Crippen LogP contribution in [0.25, 0.3) is 11.5 Å². The summed E-state index contributed by atoms with van der Waals surface area (Å²) in [6, 6.07) is 9.68. The highest BCUT2D eigenvalue weighted by atomic mass is 79.9. The summed E-state index contributed by atoms with van der Waals surface area (Å²) in [4.78, 5) is 16.3. The summed E-state index contributed by atoms with van der Waals surface area (Å²) >= 11 is 3.38. The number of nitrogens with zero attached hydrogens (tertiary/aromatic N) is 1. The number of hydrogen-bond donors (Lipinski definition) is 1. The van der Waals surface area contributed by atoms with Crippen molar-refractivity contribution in [2.75, 3.05) is 5.32 Å². The van der Waals surface area contributed by atoms with Crippen molar-refractivity contribution in [2.24, 2.45) is 0 Å². The molecule has 1 heterocycles. The molecule has 4 nitrogen and oxygen atoms in total. The topological polar surface area (TPSA) is 55.1 Å². The van der Waals surface area contributed by atoms with Crippen molar-refractivity contribution < 1.29 is 22.4 Å². The Morgan fingerprint density at radius 2 is 1.85 bits per heavy atom. The van der Waals surface area contributed by atoms with Gasteiger partial charge in [-0.2, -0.15) is 13.2 Å². The number of oxazole rings is 1. The molecule has 3 aromatic rings. The fourth-order valence-electron chi connectivity index (χ4n) is 2.23. The van der Waals surface area contributed by atoms with Crippen LogP contribution in [0.3, 0.4) is 0 Å². The van der Waals surface area contributed by atoms with Crippen molar-refractivity contribution in [2.45, 2.75) is 13.1 Å². The van der Waals surface area contributed by atoms with Gasteiger partial charge in [-0.15, -0.1) is 0 Å². The second-order valence-corrected chi connectivity index (χ2v) is 6.39. The van der Waals surface area contributed by atoms with E-state index in [1.54, 1.807) is 18.2 Å². The molecule has 0 aliphatic carbocycles. The normalized spacial score (nSPS) is 11.4. The molecule has 134 valence electrons. The van der Waals surface area contributed by atoms with Gasteiger partial charge in [0.2, 0.25) is 5.89 Å². The van der Waals surface area contributed by atoms with Crippen molar-refractivity contribution in [1.82, 2.24) is 4.98 Å². The molecular formula is C18H12BrF3N2O2. The third-order valence-corrected chi connectivity index (χ3v) is 4.50. The molecule has 0 aliphatic rings. The summed E-state index contributed by atoms with van der Waals surface area (Å²) in [6.07, 6.45) is -3.25. The highest BCUT2D eigenvalue weighted by molar-refractivity contribution is 9.10. The Morgan fingerprint density at radius 1 is 1.15 bits per heavy atom. The minimum Gasteiger partial charge on any atom is -0.444 e. The molecule has 3 rings (SSSR count). The van der Waals surface area contributed by atoms with Crippen LogP contribution in [0.1, 0.15) is 21.6 Å². The van der Waals surface area contributed by atoms with Gasteiger partial charge in [0.05, 0.1) is 5.56 Å². The lowest BCUT2D eigenvalue weighted by atomic mass is 10.1. The summed E-state index contributed by atoms with van der Waals surface area (Å²) in [7, 11) is 0. The van der Waals surface area contributed by atoms with Gasteiger partial charge in [-0.25, -0.2) is 4.98 Å². The van der Waals surface area contributed by atoms with Gasteiger partial charge in [-0.05, 0) is 55.0 Å². The number of carbonyl (C=O) groups is 1. The molecule has 0 bridgehead atoms. The molecule has 0 aliphatic heterocycles. The van der Waals surface area contributed by atoms with Gasteiger partial charge in [-0.1, -0.05) is 15.9 Å². The van der Waals surface area contributed by atoms with E-state index in [4.69, 9.17) is 4.42 Å². The number of nitrogens with one attached hydrogen (secondary N) is 1. The van der Waals surface area contributed by atoms with E-state index in [0.29, 0.717) is 11.3 Å². The molecule has 0 saturated carbocycles. The zero-order valence-corrected chi connectivity index (χ0v) is 15.0. The third-order valence-electron chi connectivity index (χ3n) is 3.61. The summed E-state index contributed by atoms with van der Waals surface area (Å²) in [5, 5.41) is 2.69. The molecule has 26 heavy (non-hydrogen) atoms. The quantitative estimate of drug-likeness (QED) is 0.587. The number of halogens is 4. The first-order valence-corrected chi connectivity index (χ1v) is 8.24. The van der Waals surface area contributed by atoms with E-state index in [-0.39, 0.29) is 11.6 Å². The molecule has 2 aromatic carbocycles. The van der Waals surface area contributed by atoms with Crippen LogP contribution in [0.2, 0.25) is 0 Å². The van der Waals surface area contributed by atoms with Crippen molar-refractivity contribution >= 4 is 27.5 Å². The molecule has 0 saturated heterocycles. The van der Waals surface area contributed by atoms with Gasteiger partial charge in [0, 0.05) is 15.7 Å². The Kier molecular flexibility index (Phi) is 4.86. The first-order chi connectivity index (χ1) is 12.2. The second kappa shape index (κ2) is 6.95. The second-order valence-electron chi connectivity index (χ2n) is 5.53. The number of hydrogen-bond acceptors (Lipinski definition) is 3. The lowest BCUT2D eigenvalue weighted by Gasteiger charge is -2.06. The monoisotopic (exact) mass is 424 g/mol. The maximum Gasteiger partial charge on any atom is 0.416 e. The van der Waals surface area contributed by atoms with Crippen molar-refractivity contribution in [3.8, 4) is 11.5 Å². The zero-order chi connectivity index (χ0) is 18.9. The molecule has 1 amide bonds. The van der Waals surface area contributed by atoms with E-state index >= 15 is 0 Å². The molecule has 0 radical (unpaired) electrons. The standard InChI is InChI=1S/C18H12BrF3N2O2/c1-10-8-13(6-7-14(10)19)23-16(25)15-9-26-17(24-15)11-2-4-12(5-3-11)18(20,21)22/h2-9H,1H3,(H,23,25). The minimum atomic E-state index is -4.41. The first-order valence-electron chi connectivity index (χ1n) is 7.45. The van der Waals surface area contributed by atoms with E-state index in [0.717, 1.165) is 28.4 Å². The molecule has 8 heteroatoms. The fraction of sp³-hybridized carbons (Fsp3) is 0.111. The van der Waals surface area contributed by atoms with E-state index < -0.39 is 17.6 Å². The fourth-order valence-corrected chi connectivity index (χ4v) is 2.48. The predicted octanol–water partition coefficient (Wildman–Crippen LogP) is 5.68. The van der Waals surface area contributed by atoms with Gasteiger partial charge in [0.25, 0.3) is 5.91 Å². The molecular weight excluding hydrogens is 413 g/mol. The first kappa shape index (κ1) is 18.2. The number of aryl methyl sites for hydroxylation is 1. The summed E-state index contributed by atoms with van der Waals surface area (Å²) in [5.74, 6) is -0.413. The number of anilines is 1. The Labute approximate surface area is 155 Å². The average Bonchev–Trinajstić information content (AvgIpc) is 3.08. The Balaban J connectivity index is 1.76. The van der Waals surface area contributed by atoms with Crippen LogP contribution in [-0.2, 0) is 6.18 Å². The van der Waals surface area contributed by atoms with Gasteiger partial charge in [-0.3, -0.25) is 4.79 Å². The maximum atomic E-state index is 12.6. The zero-order valence-electron chi connectivity index (χ0n) is 13.4. The van der Waals surface area contributed by atoms with Crippen molar-refractivity contribution in [3.05, 3.63) is 70.0 Å². The lowest BCUT2D eigenvalue weighted by molar-refractivity contribution is -0.137. The minimum absolute atomic E-state index is 0.0282. The van der Waals surface area contributed by atoms with E-state index in [1.165, 1.54) is 12.1 Å². The van der Waals surface area contributed by atoms with Gasteiger partial charge < -0.3 is 9.73 Å². The number of amides is 1. The third kappa shape index (κ3) is 3.96. The molecule has 0 unspecified atom stereocenters. The van der Waals surface area contributed by atoms with Crippen LogP contribution in [-0.4, -0.2) is 10.9 Å². The van der Waals surface area contributed by atoms with Crippen molar-refractivity contribution in [3.63, 3.8) is 0 Å². The maximum absolute atomic E-state index is 12.6. The van der Waals surface area contributed by atoms with Gasteiger partial charge >= 0.3 is 6.18 Å². The van der Waals surface area contributed by atoms with E-state index in [9.17, 15) is 18.0 Å². The SMILES string of the molecule is Cc1cc(NC(=O)c2coc(-c3ccc(C(F)(F)F)cc3)n2)ccc1Br. The highest BCUT2D eigenvalue weighted by Gasteiger charge is 2.30. The van der Waals surface area contributed by atoms with E-state index in [2.05, 4.69) is 26.2 Å². The Morgan fingerprint density at radius 3 is 2.46 bits per heavy atom. The average molecular weight is 425 g/mol. The molecule has 0 fully saturated rings. The molecule has 1 N–H and O–H groups in total. The Hall–Kier alpha value is -2.61. The number of rotatable bonds is 3. The molecule has 0 atom stereocenters. The highest BCUT2D eigenvalue weighted by Crippen LogP contribution is 2.30. The van der Waals surface area contributed by atoms with Crippen LogP contribution in [0.15, 0.2) is 57.6 Å². The van der Waals surface area contributed by atoms with Crippen LogP contribution in [0.4, 0.5) is 18.9 Å². The van der Waals surface area contributed by atoms with Crippen LogP contribution in [0.5, 0.6) is 0 Å². The molecule has 0 spiro atoms. The lowest BCUT2D eigenvalue weighted by Crippen LogP contribution is -2.12. The molecule has 1 aromatic heterocycles. The number of alkyl halides is 3. The summed E-state index contributed by atoms with van der Waals surface area (Å²) < 4.78 is 43.9.